The lowest BCUT2D eigenvalue weighted by molar-refractivity contribution is -0.140. The predicted molar refractivity (Wildman–Crippen MR) is 117 cm³/mol. The van der Waals surface area contributed by atoms with E-state index >= 15 is 0 Å². The minimum atomic E-state index is -0.376. The molecule has 164 valence electrons. The molecular formula is C23H45N3O2. The van der Waals surface area contributed by atoms with E-state index in [1.165, 1.54) is 38.5 Å². The first kappa shape index (κ1) is 24.9. The lowest BCUT2D eigenvalue weighted by Crippen LogP contribution is -2.50. The fraction of sp³-hybridized carbons (Fsp3) is 0.913. The molecule has 1 unspecified atom stereocenters. The summed E-state index contributed by atoms with van der Waals surface area (Å²) in [5, 5.41) is 3.04. The van der Waals surface area contributed by atoms with Gasteiger partial charge in [-0.05, 0) is 44.1 Å². The van der Waals surface area contributed by atoms with Crippen LogP contribution in [0.5, 0.6) is 0 Å². The van der Waals surface area contributed by atoms with Gasteiger partial charge in [0.15, 0.2) is 0 Å². The van der Waals surface area contributed by atoms with Crippen molar-refractivity contribution in [3.05, 3.63) is 0 Å². The Labute approximate surface area is 173 Å². The molecule has 0 spiro atoms. The molecule has 1 aliphatic rings. The predicted octanol–water partition coefficient (Wildman–Crippen LogP) is 4.25. The van der Waals surface area contributed by atoms with E-state index in [2.05, 4.69) is 5.32 Å². The number of hydrogen-bond donors (Lipinski definition) is 2. The Hall–Kier alpha value is -1.10. The van der Waals surface area contributed by atoms with E-state index in [1.54, 1.807) is 11.9 Å². The number of nitrogens with zero attached hydrogens (tertiary/aromatic N) is 1. The molecule has 1 atom stereocenters. The van der Waals surface area contributed by atoms with Crippen LogP contribution in [0.15, 0.2) is 0 Å². The number of nitrogens with one attached hydrogen (secondary N) is 1. The highest BCUT2D eigenvalue weighted by Crippen LogP contribution is 2.27. The molecule has 2 amide bonds. The van der Waals surface area contributed by atoms with Gasteiger partial charge in [-0.1, -0.05) is 65.2 Å². The second kappa shape index (κ2) is 14.8. The van der Waals surface area contributed by atoms with Gasteiger partial charge in [0.05, 0.1) is 0 Å². The minimum absolute atomic E-state index is 0.0138. The van der Waals surface area contributed by atoms with Crippen LogP contribution < -0.4 is 11.1 Å². The number of nitrogens with two attached hydrogens (primary N) is 1. The van der Waals surface area contributed by atoms with Gasteiger partial charge in [-0.15, -0.1) is 0 Å². The summed E-state index contributed by atoms with van der Waals surface area (Å²) in [4.78, 5) is 27.0. The Morgan fingerprint density at radius 2 is 1.64 bits per heavy atom. The third kappa shape index (κ3) is 9.90. The number of hydrogen-bond acceptors (Lipinski definition) is 3. The van der Waals surface area contributed by atoms with Crippen LogP contribution in [0.25, 0.3) is 0 Å². The summed E-state index contributed by atoms with van der Waals surface area (Å²) >= 11 is 0. The van der Waals surface area contributed by atoms with E-state index in [0.717, 1.165) is 51.0 Å². The highest BCUT2D eigenvalue weighted by Gasteiger charge is 2.29. The van der Waals surface area contributed by atoms with E-state index < -0.39 is 0 Å². The molecular weight excluding hydrogens is 350 g/mol. The monoisotopic (exact) mass is 395 g/mol. The Bertz CT molecular complexity index is 434. The molecule has 1 rings (SSSR count). The van der Waals surface area contributed by atoms with E-state index in [1.807, 2.05) is 13.8 Å². The first-order valence-corrected chi connectivity index (χ1v) is 11.7. The molecule has 28 heavy (non-hydrogen) atoms. The van der Waals surface area contributed by atoms with E-state index in [4.69, 9.17) is 5.73 Å². The van der Waals surface area contributed by atoms with Crippen molar-refractivity contribution in [2.75, 3.05) is 20.1 Å². The van der Waals surface area contributed by atoms with Gasteiger partial charge in [-0.3, -0.25) is 9.59 Å². The molecule has 0 heterocycles. The first-order valence-electron chi connectivity index (χ1n) is 11.7. The van der Waals surface area contributed by atoms with Crippen LogP contribution in [-0.4, -0.2) is 42.9 Å². The molecule has 0 aliphatic heterocycles. The zero-order valence-electron chi connectivity index (χ0n) is 18.7. The number of carbonyl (C=O) groups excluding carboxylic acids is 2. The fourth-order valence-electron chi connectivity index (χ4n) is 4.39. The number of unbranched alkanes of at least 4 members (excludes halogenated alkanes) is 4. The normalized spacial score (nSPS) is 16.2. The summed E-state index contributed by atoms with van der Waals surface area (Å²) in [5.74, 6) is 1.00. The first-order chi connectivity index (χ1) is 13.5. The van der Waals surface area contributed by atoms with Crippen molar-refractivity contribution in [2.45, 2.75) is 103 Å². The van der Waals surface area contributed by atoms with E-state index in [9.17, 15) is 9.59 Å². The van der Waals surface area contributed by atoms with Crippen molar-refractivity contribution in [1.29, 1.82) is 0 Å². The number of rotatable bonds is 14. The second-order valence-electron chi connectivity index (χ2n) is 8.94. The van der Waals surface area contributed by atoms with Gasteiger partial charge in [0, 0.05) is 20.0 Å². The molecule has 0 bridgehead atoms. The van der Waals surface area contributed by atoms with Crippen molar-refractivity contribution in [3.63, 3.8) is 0 Å². The fourth-order valence-corrected chi connectivity index (χ4v) is 4.39. The summed E-state index contributed by atoms with van der Waals surface area (Å²) in [7, 11) is 1.79. The average Bonchev–Trinajstić information content (AvgIpc) is 2.67. The largest absolute Gasteiger partial charge is 0.354 e. The summed E-state index contributed by atoms with van der Waals surface area (Å²) < 4.78 is 0. The third-order valence-electron chi connectivity index (χ3n) is 6.12. The Morgan fingerprint density at radius 3 is 2.29 bits per heavy atom. The molecule has 0 aromatic carbocycles. The van der Waals surface area contributed by atoms with Gasteiger partial charge in [0.25, 0.3) is 0 Å². The van der Waals surface area contributed by atoms with Crippen LogP contribution in [0.4, 0.5) is 0 Å². The summed E-state index contributed by atoms with van der Waals surface area (Å²) in [6, 6.07) is -0.376. The van der Waals surface area contributed by atoms with Crippen LogP contribution in [0.3, 0.4) is 0 Å². The van der Waals surface area contributed by atoms with Gasteiger partial charge in [-0.25, -0.2) is 0 Å². The lowest BCUT2D eigenvalue weighted by Gasteiger charge is -2.30. The molecule has 3 N–H and O–H groups in total. The van der Waals surface area contributed by atoms with Crippen LogP contribution in [-0.2, 0) is 9.59 Å². The maximum Gasteiger partial charge on any atom is 0.243 e. The Balaban J connectivity index is 2.32. The molecule has 1 fully saturated rings. The van der Waals surface area contributed by atoms with Crippen LogP contribution in [0.2, 0.25) is 0 Å². The summed E-state index contributed by atoms with van der Waals surface area (Å²) in [6.45, 7) is 5.48. The minimum Gasteiger partial charge on any atom is -0.354 e. The lowest BCUT2D eigenvalue weighted by atomic mass is 9.86. The molecule has 1 aliphatic carbocycles. The number of carbonyl (C=O) groups is 2. The van der Waals surface area contributed by atoms with Crippen molar-refractivity contribution < 1.29 is 9.59 Å². The third-order valence-corrected chi connectivity index (χ3v) is 6.12. The standard InChI is InChI=1S/C23H45N3O2/c1-19(2)22(23(28)25-18-11-6-4-5-10-17-24)26(3)21(27)16-12-15-20-13-8-7-9-14-20/h19-20,22H,4-18,24H2,1-3H3,(H,25,28). The van der Waals surface area contributed by atoms with Crippen LogP contribution >= 0.6 is 0 Å². The van der Waals surface area contributed by atoms with E-state index in [-0.39, 0.29) is 23.8 Å². The van der Waals surface area contributed by atoms with Crippen molar-refractivity contribution in [3.8, 4) is 0 Å². The van der Waals surface area contributed by atoms with Crippen molar-refractivity contribution >= 4 is 11.8 Å². The quantitative estimate of drug-likeness (QED) is 0.432. The van der Waals surface area contributed by atoms with Gasteiger partial charge in [0.1, 0.15) is 6.04 Å². The highest BCUT2D eigenvalue weighted by atomic mass is 16.2. The van der Waals surface area contributed by atoms with Gasteiger partial charge in [0.2, 0.25) is 11.8 Å². The molecule has 0 saturated heterocycles. The second-order valence-corrected chi connectivity index (χ2v) is 8.94. The van der Waals surface area contributed by atoms with Gasteiger partial charge in [-0.2, -0.15) is 0 Å². The Morgan fingerprint density at radius 1 is 1.00 bits per heavy atom. The SMILES string of the molecule is CC(C)C(C(=O)NCCCCCCCN)N(C)C(=O)CCCC1CCCCC1. The number of likely N-dealkylation sites (N-methyl/N-ethyl adjacent to an activating group) is 1. The maximum atomic E-state index is 12.7. The van der Waals surface area contributed by atoms with Gasteiger partial charge >= 0.3 is 0 Å². The van der Waals surface area contributed by atoms with Crippen molar-refractivity contribution in [2.24, 2.45) is 17.6 Å². The van der Waals surface area contributed by atoms with Crippen LogP contribution in [0.1, 0.15) is 97.3 Å². The summed E-state index contributed by atoms with van der Waals surface area (Å²) in [6.07, 6.45) is 14.9. The highest BCUT2D eigenvalue weighted by molar-refractivity contribution is 5.87. The number of amides is 2. The Kier molecular flexibility index (Phi) is 13.2. The molecule has 5 heteroatoms. The van der Waals surface area contributed by atoms with E-state index in [0.29, 0.717) is 13.0 Å². The topological polar surface area (TPSA) is 75.4 Å². The average molecular weight is 396 g/mol. The van der Waals surface area contributed by atoms with Crippen LogP contribution in [0, 0.1) is 11.8 Å². The smallest absolute Gasteiger partial charge is 0.243 e. The molecule has 5 nitrogen and oxygen atoms in total. The molecule has 1 saturated carbocycles. The zero-order chi connectivity index (χ0) is 20.8. The zero-order valence-corrected chi connectivity index (χ0v) is 18.7. The maximum absolute atomic E-state index is 12.7. The molecule has 0 aromatic rings. The molecule has 0 radical (unpaired) electrons. The molecule has 0 aromatic heterocycles. The summed E-state index contributed by atoms with van der Waals surface area (Å²) in [5.41, 5.74) is 5.50. The van der Waals surface area contributed by atoms with Gasteiger partial charge < -0.3 is 16.0 Å². The van der Waals surface area contributed by atoms with Crippen molar-refractivity contribution in [1.82, 2.24) is 10.2 Å².